The molecule has 1 aromatic carbocycles. The fraction of sp³-hybridized carbons (Fsp3) is 0.417. The Labute approximate surface area is 123 Å². The zero-order valence-corrected chi connectivity index (χ0v) is 12.5. The minimum atomic E-state index is 0.566. The molecule has 0 spiro atoms. The summed E-state index contributed by atoms with van der Waals surface area (Å²) >= 11 is 17.0. The molecule has 0 aliphatic rings. The molecule has 1 rings (SSSR count). The molecular weight excluding hydrogens is 291 g/mol. The lowest BCUT2D eigenvalue weighted by Crippen LogP contribution is -2.36. The van der Waals surface area contributed by atoms with Crippen molar-refractivity contribution in [1.29, 1.82) is 0 Å². The van der Waals surface area contributed by atoms with Crippen LogP contribution in [0.15, 0.2) is 18.2 Å². The average molecular weight is 307 g/mol. The molecule has 1 aromatic rings. The van der Waals surface area contributed by atoms with Crippen molar-refractivity contribution in [2.75, 3.05) is 19.8 Å². The van der Waals surface area contributed by atoms with Gasteiger partial charge in [-0.25, -0.2) is 0 Å². The maximum absolute atomic E-state index is 6.05. The smallest absolute Gasteiger partial charge is 0.166 e. The third-order valence-corrected chi connectivity index (χ3v) is 3.07. The first kappa shape index (κ1) is 15.5. The van der Waals surface area contributed by atoms with Crippen LogP contribution in [0.2, 0.25) is 10.0 Å². The SMILES string of the molecule is CCOCCNC(=S)NCc1ccc(Cl)cc1Cl. The minimum Gasteiger partial charge on any atom is -0.380 e. The fourth-order valence-corrected chi connectivity index (χ4v) is 1.93. The van der Waals surface area contributed by atoms with Gasteiger partial charge in [0.05, 0.1) is 6.61 Å². The number of halogens is 2. The van der Waals surface area contributed by atoms with Crippen LogP contribution in [0.25, 0.3) is 0 Å². The standard InChI is InChI=1S/C12H16Cl2N2OS/c1-2-17-6-5-15-12(18)16-8-9-3-4-10(13)7-11(9)14/h3-4,7H,2,5-6,8H2,1H3,(H2,15,16,18). The van der Waals surface area contributed by atoms with Crippen LogP contribution in [0.3, 0.4) is 0 Å². The van der Waals surface area contributed by atoms with E-state index >= 15 is 0 Å². The first-order chi connectivity index (χ1) is 8.63. The Bertz CT molecular complexity index is 402. The van der Waals surface area contributed by atoms with Crippen LogP contribution in [0.4, 0.5) is 0 Å². The van der Waals surface area contributed by atoms with Crippen LogP contribution < -0.4 is 10.6 Å². The van der Waals surface area contributed by atoms with E-state index in [1.165, 1.54) is 0 Å². The molecule has 0 unspecified atom stereocenters. The molecule has 0 atom stereocenters. The molecular formula is C12H16Cl2N2OS. The maximum atomic E-state index is 6.05. The second-order valence-corrected chi connectivity index (χ2v) is 4.79. The van der Waals surface area contributed by atoms with Gasteiger partial charge in [-0.1, -0.05) is 29.3 Å². The van der Waals surface area contributed by atoms with Crippen molar-refractivity contribution in [2.24, 2.45) is 0 Å². The van der Waals surface area contributed by atoms with Crippen LogP contribution in [-0.2, 0) is 11.3 Å². The second kappa shape index (κ2) is 8.53. The Kier molecular flexibility index (Phi) is 7.35. The monoisotopic (exact) mass is 306 g/mol. The molecule has 0 heterocycles. The highest BCUT2D eigenvalue weighted by atomic mass is 35.5. The van der Waals surface area contributed by atoms with Gasteiger partial charge in [0.25, 0.3) is 0 Å². The summed E-state index contributed by atoms with van der Waals surface area (Å²) < 4.78 is 5.19. The molecule has 0 saturated heterocycles. The molecule has 18 heavy (non-hydrogen) atoms. The summed E-state index contributed by atoms with van der Waals surface area (Å²) in [6.45, 7) is 4.56. The van der Waals surface area contributed by atoms with Crippen molar-refractivity contribution in [2.45, 2.75) is 13.5 Å². The van der Waals surface area contributed by atoms with E-state index in [4.69, 9.17) is 40.2 Å². The van der Waals surface area contributed by atoms with Gasteiger partial charge in [0.1, 0.15) is 0 Å². The van der Waals surface area contributed by atoms with Gasteiger partial charge < -0.3 is 15.4 Å². The first-order valence-electron chi connectivity index (χ1n) is 5.67. The average Bonchev–Trinajstić information content (AvgIpc) is 2.33. The number of benzene rings is 1. The van der Waals surface area contributed by atoms with Crippen molar-refractivity contribution in [3.8, 4) is 0 Å². The molecule has 100 valence electrons. The molecule has 0 amide bonds. The van der Waals surface area contributed by atoms with E-state index in [2.05, 4.69) is 10.6 Å². The normalized spacial score (nSPS) is 10.2. The van der Waals surface area contributed by atoms with Crippen molar-refractivity contribution in [3.63, 3.8) is 0 Å². The summed E-state index contributed by atoms with van der Waals surface area (Å²) in [5.74, 6) is 0. The lowest BCUT2D eigenvalue weighted by Gasteiger charge is -2.11. The summed E-state index contributed by atoms with van der Waals surface area (Å²) in [5, 5.41) is 7.96. The Morgan fingerprint density at radius 1 is 1.33 bits per heavy atom. The Morgan fingerprint density at radius 2 is 2.11 bits per heavy atom. The molecule has 0 bridgehead atoms. The fourth-order valence-electron chi connectivity index (χ4n) is 1.28. The zero-order valence-electron chi connectivity index (χ0n) is 10.1. The van der Waals surface area contributed by atoms with E-state index in [1.54, 1.807) is 12.1 Å². The number of hydrogen-bond donors (Lipinski definition) is 2. The van der Waals surface area contributed by atoms with Crippen molar-refractivity contribution >= 4 is 40.5 Å². The molecule has 0 aliphatic heterocycles. The second-order valence-electron chi connectivity index (χ2n) is 3.54. The van der Waals surface area contributed by atoms with Crippen LogP contribution in [0.5, 0.6) is 0 Å². The molecule has 2 N–H and O–H groups in total. The van der Waals surface area contributed by atoms with Crippen LogP contribution in [-0.4, -0.2) is 24.9 Å². The third kappa shape index (κ3) is 5.87. The number of nitrogens with one attached hydrogen (secondary N) is 2. The summed E-state index contributed by atoms with van der Waals surface area (Å²) in [7, 11) is 0. The Hall–Kier alpha value is -0.550. The highest BCUT2D eigenvalue weighted by Gasteiger charge is 2.02. The van der Waals surface area contributed by atoms with Gasteiger partial charge in [-0.15, -0.1) is 0 Å². The summed E-state index contributed by atoms with van der Waals surface area (Å²) in [5.41, 5.74) is 0.954. The topological polar surface area (TPSA) is 33.3 Å². The largest absolute Gasteiger partial charge is 0.380 e. The van der Waals surface area contributed by atoms with Crippen LogP contribution >= 0.6 is 35.4 Å². The lowest BCUT2D eigenvalue weighted by atomic mass is 10.2. The van der Waals surface area contributed by atoms with Gasteiger partial charge in [0, 0.05) is 29.7 Å². The molecule has 0 aromatic heterocycles. The van der Waals surface area contributed by atoms with Crippen LogP contribution in [0, 0.1) is 0 Å². The van der Waals surface area contributed by atoms with E-state index in [0.29, 0.717) is 41.5 Å². The minimum absolute atomic E-state index is 0.566. The predicted octanol–water partition coefficient (Wildman–Crippen LogP) is 2.99. The number of thiocarbonyl (C=S) groups is 1. The van der Waals surface area contributed by atoms with Crippen molar-refractivity contribution in [1.82, 2.24) is 10.6 Å². The summed E-state index contributed by atoms with van der Waals surface area (Å²) in [6.07, 6.45) is 0. The van der Waals surface area contributed by atoms with Gasteiger partial charge >= 0.3 is 0 Å². The number of hydrogen-bond acceptors (Lipinski definition) is 2. The number of rotatable bonds is 6. The van der Waals surface area contributed by atoms with Crippen LogP contribution in [0.1, 0.15) is 12.5 Å². The molecule has 0 fully saturated rings. The van der Waals surface area contributed by atoms with E-state index in [9.17, 15) is 0 Å². The Balaban J connectivity index is 2.29. The zero-order chi connectivity index (χ0) is 13.4. The highest BCUT2D eigenvalue weighted by molar-refractivity contribution is 7.80. The quantitative estimate of drug-likeness (QED) is 0.625. The van der Waals surface area contributed by atoms with Gasteiger partial charge in [0.2, 0.25) is 0 Å². The predicted molar refractivity (Wildman–Crippen MR) is 80.4 cm³/mol. The molecule has 3 nitrogen and oxygen atoms in total. The van der Waals surface area contributed by atoms with Crippen molar-refractivity contribution < 1.29 is 4.74 Å². The maximum Gasteiger partial charge on any atom is 0.166 e. The van der Waals surface area contributed by atoms with E-state index < -0.39 is 0 Å². The van der Waals surface area contributed by atoms with Crippen molar-refractivity contribution in [3.05, 3.63) is 33.8 Å². The highest BCUT2D eigenvalue weighted by Crippen LogP contribution is 2.20. The molecule has 6 heteroatoms. The van der Waals surface area contributed by atoms with E-state index in [1.807, 2.05) is 13.0 Å². The van der Waals surface area contributed by atoms with E-state index in [-0.39, 0.29) is 0 Å². The van der Waals surface area contributed by atoms with Gasteiger partial charge in [-0.2, -0.15) is 0 Å². The molecule has 0 saturated carbocycles. The molecule has 0 aliphatic carbocycles. The third-order valence-electron chi connectivity index (χ3n) is 2.19. The first-order valence-corrected chi connectivity index (χ1v) is 6.83. The summed E-state index contributed by atoms with van der Waals surface area (Å²) in [6, 6.07) is 5.39. The van der Waals surface area contributed by atoms with E-state index in [0.717, 1.165) is 5.56 Å². The van der Waals surface area contributed by atoms with Gasteiger partial charge in [0.15, 0.2) is 5.11 Å². The number of ether oxygens (including phenoxy) is 1. The summed E-state index contributed by atoms with van der Waals surface area (Å²) in [4.78, 5) is 0. The van der Waals surface area contributed by atoms with Gasteiger partial charge in [-0.05, 0) is 36.8 Å². The lowest BCUT2D eigenvalue weighted by molar-refractivity contribution is 0.152. The Morgan fingerprint density at radius 3 is 2.78 bits per heavy atom. The van der Waals surface area contributed by atoms with Gasteiger partial charge in [-0.3, -0.25) is 0 Å². The molecule has 0 radical (unpaired) electrons.